The maximum atomic E-state index is 5.67. The molecule has 0 bridgehead atoms. The molecule has 3 N–H and O–H groups in total. The zero-order valence-corrected chi connectivity index (χ0v) is 18.5. The van der Waals surface area contributed by atoms with Crippen LogP contribution in [-0.2, 0) is 16.0 Å². The Morgan fingerprint density at radius 2 is 2.32 bits per heavy atom. The highest BCUT2D eigenvalue weighted by Gasteiger charge is 2.14. The van der Waals surface area contributed by atoms with Crippen LogP contribution in [-0.4, -0.2) is 60.7 Å². The number of nitrogens with one attached hydrogen (secondary N) is 3. The molecule has 8 nitrogen and oxygen atoms in total. The van der Waals surface area contributed by atoms with E-state index in [0.717, 1.165) is 61.9 Å². The maximum Gasteiger partial charge on any atom is 0.191 e. The fourth-order valence-corrected chi connectivity index (χ4v) is 2.95. The molecule has 1 atom stereocenters. The van der Waals surface area contributed by atoms with E-state index in [0.29, 0.717) is 19.3 Å². The summed E-state index contributed by atoms with van der Waals surface area (Å²) < 4.78 is 11.2. The highest BCUT2D eigenvalue weighted by molar-refractivity contribution is 14.0. The van der Waals surface area contributed by atoms with E-state index in [1.54, 1.807) is 7.05 Å². The van der Waals surface area contributed by atoms with E-state index in [1.165, 1.54) is 6.33 Å². The van der Waals surface area contributed by atoms with Gasteiger partial charge in [0.05, 0.1) is 12.7 Å². The summed E-state index contributed by atoms with van der Waals surface area (Å²) in [6.45, 7) is 3.79. The third-order valence-corrected chi connectivity index (χ3v) is 4.38. The number of halogens is 1. The summed E-state index contributed by atoms with van der Waals surface area (Å²) in [5.41, 5.74) is 2.16. The number of aliphatic imine (C=N–C) groups is 1. The molecule has 9 heteroatoms. The summed E-state index contributed by atoms with van der Waals surface area (Å²) in [5.74, 6) is 1.54. The zero-order valence-electron chi connectivity index (χ0n) is 16.2. The Balaban J connectivity index is 0.00000280. The second-order valence-electron chi connectivity index (χ2n) is 6.45. The number of nitrogens with zero attached hydrogens (tertiary/aromatic N) is 3. The number of ether oxygens (including phenoxy) is 2. The first kappa shape index (κ1) is 22.6. The lowest BCUT2D eigenvalue weighted by Gasteiger charge is -2.13. The third kappa shape index (κ3) is 7.36. The summed E-state index contributed by atoms with van der Waals surface area (Å²) in [7, 11) is 1.77. The molecule has 1 saturated heterocycles. The van der Waals surface area contributed by atoms with Crippen LogP contribution >= 0.6 is 24.0 Å². The van der Waals surface area contributed by atoms with Crippen molar-refractivity contribution in [2.24, 2.45) is 4.99 Å². The Morgan fingerprint density at radius 3 is 3.07 bits per heavy atom. The van der Waals surface area contributed by atoms with Gasteiger partial charge in [-0.25, -0.2) is 4.98 Å². The van der Waals surface area contributed by atoms with E-state index >= 15 is 0 Å². The molecule has 1 fully saturated rings. The minimum Gasteiger partial charge on any atom is -0.379 e. The number of aromatic nitrogens is 3. The Kier molecular flexibility index (Phi) is 10.2. The largest absolute Gasteiger partial charge is 0.379 e. The normalized spacial score (nSPS) is 16.6. The summed E-state index contributed by atoms with van der Waals surface area (Å²) in [6, 6.07) is 8.17. The first-order chi connectivity index (χ1) is 13.3. The van der Waals surface area contributed by atoms with Gasteiger partial charge in [-0.1, -0.05) is 18.2 Å². The first-order valence-corrected chi connectivity index (χ1v) is 9.43. The fourth-order valence-electron chi connectivity index (χ4n) is 2.95. The minimum absolute atomic E-state index is 0. The van der Waals surface area contributed by atoms with E-state index in [9.17, 15) is 0 Å². The maximum absolute atomic E-state index is 5.67. The highest BCUT2D eigenvalue weighted by Crippen LogP contribution is 2.15. The molecule has 2 heterocycles. The van der Waals surface area contributed by atoms with Gasteiger partial charge in [-0.3, -0.25) is 10.1 Å². The predicted molar refractivity (Wildman–Crippen MR) is 120 cm³/mol. The molecule has 3 rings (SSSR count). The fraction of sp³-hybridized carbons (Fsp3) is 0.526. The van der Waals surface area contributed by atoms with Gasteiger partial charge >= 0.3 is 0 Å². The van der Waals surface area contributed by atoms with E-state index < -0.39 is 0 Å². The van der Waals surface area contributed by atoms with Crippen LogP contribution in [0.5, 0.6) is 0 Å². The molecule has 154 valence electrons. The number of guanidine groups is 1. The molecule has 0 radical (unpaired) electrons. The van der Waals surface area contributed by atoms with Crippen LogP contribution in [0, 0.1) is 0 Å². The summed E-state index contributed by atoms with van der Waals surface area (Å²) in [4.78, 5) is 8.45. The number of hydrogen-bond donors (Lipinski definition) is 3. The molecule has 1 unspecified atom stereocenters. The molecule has 1 aliphatic rings. The van der Waals surface area contributed by atoms with Gasteiger partial charge in [0.2, 0.25) is 0 Å². The second-order valence-corrected chi connectivity index (χ2v) is 6.45. The topological polar surface area (TPSA) is 96.5 Å². The van der Waals surface area contributed by atoms with Crippen LogP contribution in [0.4, 0.5) is 0 Å². The smallest absolute Gasteiger partial charge is 0.191 e. The van der Waals surface area contributed by atoms with Crippen molar-refractivity contribution in [1.29, 1.82) is 0 Å². The molecule has 1 aromatic heterocycles. The molecule has 0 saturated carbocycles. The van der Waals surface area contributed by atoms with Crippen molar-refractivity contribution >= 4 is 29.9 Å². The second kappa shape index (κ2) is 12.7. The molecule has 2 aromatic rings. The van der Waals surface area contributed by atoms with Crippen molar-refractivity contribution in [3.8, 4) is 11.4 Å². The van der Waals surface area contributed by atoms with Crippen LogP contribution in [0.3, 0.4) is 0 Å². The third-order valence-electron chi connectivity index (χ3n) is 4.38. The van der Waals surface area contributed by atoms with Gasteiger partial charge in [-0.2, -0.15) is 5.10 Å². The van der Waals surface area contributed by atoms with Crippen molar-refractivity contribution in [1.82, 2.24) is 25.8 Å². The Bertz CT molecular complexity index is 704. The molecule has 28 heavy (non-hydrogen) atoms. The van der Waals surface area contributed by atoms with Gasteiger partial charge in [0.15, 0.2) is 11.8 Å². The molecular weight excluding hydrogens is 471 g/mol. The van der Waals surface area contributed by atoms with Crippen molar-refractivity contribution in [2.75, 3.05) is 33.4 Å². The predicted octanol–water partition coefficient (Wildman–Crippen LogP) is 2.34. The molecule has 0 spiro atoms. The highest BCUT2D eigenvalue weighted by atomic mass is 127. The Morgan fingerprint density at radius 1 is 1.39 bits per heavy atom. The van der Waals surface area contributed by atoms with E-state index in [1.807, 2.05) is 12.1 Å². The summed E-state index contributed by atoms with van der Waals surface area (Å²) in [6.07, 6.45) is 5.00. The monoisotopic (exact) mass is 500 g/mol. The molecule has 1 aromatic carbocycles. The van der Waals surface area contributed by atoms with Gasteiger partial charge in [-0.15, -0.1) is 24.0 Å². The van der Waals surface area contributed by atoms with Crippen molar-refractivity contribution in [3.05, 3.63) is 36.2 Å². The molecular formula is C19H29IN6O2. The zero-order chi connectivity index (χ0) is 18.7. The average molecular weight is 500 g/mol. The van der Waals surface area contributed by atoms with E-state index in [2.05, 4.69) is 42.9 Å². The standard InChI is InChI=1S/C19H28N6O2.HI/c1-20-19(21-8-4-9-26-13-17-7-3-10-27-17)22-12-15-5-2-6-16(11-15)18-23-14-24-25-18;/h2,5-6,11,14,17H,3-4,7-10,12-13H2,1H3,(H2,20,21,22)(H,23,24,25);1H. The van der Waals surface area contributed by atoms with Gasteiger partial charge < -0.3 is 20.1 Å². The lowest BCUT2D eigenvalue weighted by atomic mass is 10.1. The quantitative estimate of drug-likeness (QED) is 0.212. The number of benzene rings is 1. The number of aromatic amines is 1. The first-order valence-electron chi connectivity index (χ1n) is 9.43. The van der Waals surface area contributed by atoms with Gasteiger partial charge in [0.1, 0.15) is 6.33 Å². The number of H-pyrrole nitrogens is 1. The van der Waals surface area contributed by atoms with Crippen LogP contribution < -0.4 is 10.6 Å². The van der Waals surface area contributed by atoms with Crippen LogP contribution in [0.25, 0.3) is 11.4 Å². The van der Waals surface area contributed by atoms with Gasteiger partial charge in [-0.05, 0) is 30.9 Å². The van der Waals surface area contributed by atoms with Crippen molar-refractivity contribution < 1.29 is 9.47 Å². The number of hydrogen-bond acceptors (Lipinski definition) is 5. The Hall–Kier alpha value is -1.72. The van der Waals surface area contributed by atoms with Gasteiger partial charge in [0, 0.05) is 38.9 Å². The summed E-state index contributed by atoms with van der Waals surface area (Å²) in [5, 5.41) is 13.4. The van der Waals surface area contributed by atoms with Crippen molar-refractivity contribution in [2.45, 2.75) is 31.9 Å². The minimum atomic E-state index is 0. The lowest BCUT2D eigenvalue weighted by Crippen LogP contribution is -2.37. The van der Waals surface area contributed by atoms with E-state index in [-0.39, 0.29) is 24.0 Å². The number of rotatable bonds is 9. The molecule has 0 aliphatic carbocycles. The van der Waals surface area contributed by atoms with Gasteiger partial charge in [0.25, 0.3) is 0 Å². The molecule has 0 amide bonds. The van der Waals surface area contributed by atoms with Crippen LogP contribution in [0.15, 0.2) is 35.6 Å². The van der Waals surface area contributed by atoms with Crippen LogP contribution in [0.1, 0.15) is 24.8 Å². The van der Waals surface area contributed by atoms with E-state index in [4.69, 9.17) is 9.47 Å². The lowest BCUT2D eigenvalue weighted by molar-refractivity contribution is 0.0168. The SMILES string of the molecule is CN=C(NCCCOCC1CCCO1)NCc1cccc(-c2ncn[nH]2)c1.I. The van der Waals surface area contributed by atoms with Crippen LogP contribution in [0.2, 0.25) is 0 Å². The Labute approximate surface area is 182 Å². The summed E-state index contributed by atoms with van der Waals surface area (Å²) >= 11 is 0. The van der Waals surface area contributed by atoms with Crippen molar-refractivity contribution in [3.63, 3.8) is 0 Å². The molecule has 1 aliphatic heterocycles. The average Bonchev–Trinajstić information content (AvgIpc) is 3.41.